The van der Waals surface area contributed by atoms with E-state index in [9.17, 15) is 0 Å². The summed E-state index contributed by atoms with van der Waals surface area (Å²) in [6, 6.07) is 167. The molecule has 0 amide bonds. The highest BCUT2D eigenvalue weighted by molar-refractivity contribution is 6.26. The van der Waals surface area contributed by atoms with Gasteiger partial charge in [0, 0.05) is 95.5 Å². The SMILES string of the molecule is c1ccc(-c2ccc3c(-c4ccc(-c5ccccn5)nc4)c4ccccc4c(-c4ccc(-c5ccccn5)nc4)c3c2)cc1.c1ccc(-c2ccc3c(-c4cccc(-c5ccncc5)c4)c4ccccc4c(-c4cncc(-c5ccncc5)c4)c3c2)cc1.c1ccc(-n2c(-c3ccc(-c4ccc5c(-c6ccc7ccccc7c6)c6ccccc6c(-c6ccc7ccccc7c6)c5c4)cc3)nc3ccccc32)cc1. The third-order valence-corrected chi connectivity index (χ3v) is 27.6. The molecule has 9 nitrogen and oxygen atoms in total. The van der Waals surface area contributed by atoms with E-state index in [4.69, 9.17) is 19.9 Å². The van der Waals surface area contributed by atoms with E-state index in [1.165, 1.54) is 159 Å². The zero-order chi connectivity index (χ0) is 94.9. The molecule has 0 aliphatic heterocycles. The van der Waals surface area contributed by atoms with Crippen LogP contribution < -0.4 is 0 Å². The van der Waals surface area contributed by atoms with Gasteiger partial charge in [0.2, 0.25) is 0 Å². The lowest BCUT2D eigenvalue weighted by Crippen LogP contribution is -1.97. The molecule has 0 bridgehead atoms. The van der Waals surface area contributed by atoms with Gasteiger partial charge in [0.25, 0.3) is 0 Å². The predicted molar refractivity (Wildman–Crippen MR) is 595 cm³/mol. The molecular formula is C134H87N9. The normalized spacial score (nSPS) is 11.4. The van der Waals surface area contributed by atoms with Crippen molar-refractivity contribution in [1.82, 2.24) is 44.4 Å². The van der Waals surface area contributed by atoms with Crippen LogP contribution in [0.1, 0.15) is 0 Å². The van der Waals surface area contributed by atoms with Crippen molar-refractivity contribution >= 4 is 97.2 Å². The summed E-state index contributed by atoms with van der Waals surface area (Å²) >= 11 is 0. The monoisotopic (exact) mass is 1820 g/mol. The molecule has 0 aliphatic rings. The summed E-state index contributed by atoms with van der Waals surface area (Å²) in [6.45, 7) is 0. The van der Waals surface area contributed by atoms with Crippen molar-refractivity contribution in [3.63, 3.8) is 0 Å². The van der Waals surface area contributed by atoms with Gasteiger partial charge in [-0.3, -0.25) is 39.5 Å². The molecule has 0 spiro atoms. The lowest BCUT2D eigenvalue weighted by Gasteiger charge is -2.19. The Bertz CT molecular complexity index is 9460. The second-order valence-corrected chi connectivity index (χ2v) is 36.0. The topological polar surface area (TPSA) is 108 Å². The van der Waals surface area contributed by atoms with Crippen LogP contribution in [0.4, 0.5) is 0 Å². The minimum absolute atomic E-state index is 0.851. The van der Waals surface area contributed by atoms with Gasteiger partial charge in [-0.1, -0.05) is 340 Å². The van der Waals surface area contributed by atoms with Gasteiger partial charge >= 0.3 is 0 Å². The van der Waals surface area contributed by atoms with Gasteiger partial charge in [-0.25, -0.2) is 4.98 Å². The number of fused-ring (bicyclic) bond motifs is 9. The van der Waals surface area contributed by atoms with E-state index >= 15 is 0 Å². The number of hydrogen-bond acceptors (Lipinski definition) is 8. The lowest BCUT2D eigenvalue weighted by atomic mass is 9.84. The summed E-state index contributed by atoms with van der Waals surface area (Å²) in [4.78, 5) is 37.0. The third kappa shape index (κ3) is 16.5. The fraction of sp³-hybridized carbons (Fsp3) is 0. The molecule has 27 rings (SSSR count). The first-order valence-corrected chi connectivity index (χ1v) is 48.2. The molecule has 668 valence electrons. The molecule has 0 N–H and O–H groups in total. The average Bonchev–Trinajstić information content (AvgIpc) is 1.12. The molecule has 8 aromatic heterocycles. The van der Waals surface area contributed by atoms with Crippen LogP contribution in [-0.4, -0.2) is 44.4 Å². The molecule has 0 atom stereocenters. The molecule has 27 aromatic rings. The molecule has 0 aliphatic carbocycles. The van der Waals surface area contributed by atoms with Crippen molar-refractivity contribution in [3.8, 4) is 162 Å². The smallest absolute Gasteiger partial charge is 0.145 e. The predicted octanol–water partition coefficient (Wildman–Crippen LogP) is 34.7. The van der Waals surface area contributed by atoms with E-state index in [1.54, 1.807) is 12.4 Å². The lowest BCUT2D eigenvalue weighted by molar-refractivity contribution is 1.10. The summed E-state index contributed by atoms with van der Waals surface area (Å²) in [6.07, 6.45) is 18.8. The van der Waals surface area contributed by atoms with Crippen molar-refractivity contribution in [1.29, 1.82) is 0 Å². The maximum Gasteiger partial charge on any atom is 0.145 e. The van der Waals surface area contributed by atoms with E-state index in [0.717, 1.165) is 101 Å². The van der Waals surface area contributed by atoms with Gasteiger partial charge in [0.15, 0.2) is 0 Å². The van der Waals surface area contributed by atoms with Crippen molar-refractivity contribution in [3.05, 3.63) is 529 Å². The minimum Gasteiger partial charge on any atom is -0.292 e. The van der Waals surface area contributed by atoms with Crippen LogP contribution in [0.15, 0.2) is 529 Å². The first-order chi connectivity index (χ1) is 70.9. The van der Waals surface area contributed by atoms with Crippen molar-refractivity contribution in [2.75, 3.05) is 0 Å². The molecule has 143 heavy (non-hydrogen) atoms. The number of pyridine rings is 7. The van der Waals surface area contributed by atoms with Crippen molar-refractivity contribution < 1.29 is 0 Å². The molecule has 0 saturated carbocycles. The van der Waals surface area contributed by atoms with Gasteiger partial charge in [0.05, 0.1) is 33.8 Å². The summed E-state index contributed by atoms with van der Waals surface area (Å²) in [5, 5.41) is 19.5. The number of rotatable bonds is 15. The highest BCUT2D eigenvalue weighted by Gasteiger charge is 2.25. The van der Waals surface area contributed by atoms with E-state index in [2.05, 4.69) is 443 Å². The Morgan fingerprint density at radius 1 is 0.154 bits per heavy atom. The van der Waals surface area contributed by atoms with Crippen LogP contribution in [0, 0.1) is 0 Å². The van der Waals surface area contributed by atoms with E-state index in [0.29, 0.717) is 0 Å². The molecule has 0 radical (unpaired) electrons. The summed E-state index contributed by atoms with van der Waals surface area (Å²) in [5.74, 6) is 0.933. The van der Waals surface area contributed by atoms with Gasteiger partial charge in [-0.05, 0) is 314 Å². The van der Waals surface area contributed by atoms with Crippen LogP contribution in [-0.2, 0) is 0 Å². The van der Waals surface area contributed by atoms with Gasteiger partial charge in [0.1, 0.15) is 5.82 Å². The van der Waals surface area contributed by atoms with Crippen molar-refractivity contribution in [2.45, 2.75) is 0 Å². The molecule has 0 fully saturated rings. The number of nitrogens with zero attached hydrogens (tertiary/aromatic N) is 9. The Kier molecular flexibility index (Phi) is 22.5. The van der Waals surface area contributed by atoms with E-state index in [-0.39, 0.29) is 0 Å². The fourth-order valence-corrected chi connectivity index (χ4v) is 20.9. The standard InChI is InChI=1S/C53H34N2.C41H27N3.C40H26N4/c1-2-16-44(17-3-1)55-50-21-11-10-20-49(50)54-53(55)38-26-22-37(23-27-38)41-30-31-47-48(34-41)52(43-29-25-36-13-5-7-15-40(36)33-43)46-19-9-8-18-45(46)51(47)42-28-24-35-12-4-6-14-39(35)32-42;1-2-7-28(8-3-1)32-13-14-38-39(25-32)41(35-24-34(26-44-27-35)30-17-21-43-22-18-30)37-12-5-4-11-36(37)40(38)33-10-6-9-31(23-33)29-15-19-42-20-16-29;1-2-10-27(11-3-1)28-16-19-33-34(24-28)40(30-18-21-38(44-26-30)36-15-7-9-23-42-36)32-13-5-4-12-31(32)39(33)29-17-20-37(43-25-29)35-14-6-8-22-41-35/h1-34H;1-27H;1-26H. The Balaban J connectivity index is 0.000000114. The van der Waals surface area contributed by atoms with Crippen LogP contribution in [0.2, 0.25) is 0 Å². The largest absolute Gasteiger partial charge is 0.292 e. The van der Waals surface area contributed by atoms with Gasteiger partial charge in [-0.2, -0.15) is 0 Å². The molecular weight excluding hydrogens is 1740 g/mol. The van der Waals surface area contributed by atoms with Crippen LogP contribution in [0.5, 0.6) is 0 Å². The molecule has 0 unspecified atom stereocenters. The van der Waals surface area contributed by atoms with Crippen LogP contribution >= 0.6 is 0 Å². The van der Waals surface area contributed by atoms with E-state index < -0.39 is 0 Å². The van der Waals surface area contributed by atoms with Gasteiger partial charge in [-0.15, -0.1) is 0 Å². The fourth-order valence-electron chi connectivity index (χ4n) is 20.9. The second kappa shape index (κ2) is 37.7. The molecule has 8 heterocycles. The van der Waals surface area contributed by atoms with E-state index in [1.807, 2.05) is 98.1 Å². The molecule has 0 saturated heterocycles. The Labute approximate surface area is 827 Å². The number of para-hydroxylation sites is 3. The highest BCUT2D eigenvalue weighted by Crippen LogP contribution is 2.51. The first-order valence-electron chi connectivity index (χ1n) is 48.2. The number of aromatic nitrogens is 9. The zero-order valence-electron chi connectivity index (χ0n) is 77.8. The summed E-state index contributed by atoms with van der Waals surface area (Å²) in [5.41, 5.74) is 33.3. The quantitative estimate of drug-likeness (QED) is 0.0934. The minimum atomic E-state index is 0.851. The molecule has 19 aromatic carbocycles. The van der Waals surface area contributed by atoms with Gasteiger partial charge < -0.3 is 0 Å². The summed E-state index contributed by atoms with van der Waals surface area (Å²) in [7, 11) is 0. The Morgan fingerprint density at radius 2 is 0.476 bits per heavy atom. The van der Waals surface area contributed by atoms with Crippen LogP contribution in [0.25, 0.3) is 259 Å². The maximum atomic E-state index is 5.12. The average molecular weight is 1820 g/mol. The zero-order valence-corrected chi connectivity index (χ0v) is 77.8. The number of imidazole rings is 1. The van der Waals surface area contributed by atoms with Crippen molar-refractivity contribution in [2.24, 2.45) is 0 Å². The number of benzene rings is 19. The second-order valence-electron chi connectivity index (χ2n) is 36.0. The Morgan fingerprint density at radius 3 is 0.951 bits per heavy atom. The maximum absolute atomic E-state index is 5.12. The summed E-state index contributed by atoms with van der Waals surface area (Å²) < 4.78 is 2.26. The third-order valence-electron chi connectivity index (χ3n) is 27.6. The molecule has 9 heteroatoms. The number of hydrogen-bond donors (Lipinski definition) is 0. The first kappa shape index (κ1) is 85.4. The Hall–Kier alpha value is -19.2. The van der Waals surface area contributed by atoms with Crippen LogP contribution in [0.3, 0.4) is 0 Å². The highest BCUT2D eigenvalue weighted by atomic mass is 15.1.